The average molecular weight is 437 g/mol. The predicted molar refractivity (Wildman–Crippen MR) is 129 cm³/mol. The van der Waals surface area contributed by atoms with Crippen LogP contribution in [-0.4, -0.2) is 76.7 Å². The summed E-state index contributed by atoms with van der Waals surface area (Å²) in [6, 6.07) is 16.6. The van der Waals surface area contributed by atoms with Crippen molar-refractivity contribution in [1.29, 1.82) is 0 Å². The molecule has 0 aliphatic carbocycles. The molecule has 0 radical (unpaired) electrons. The topological polar surface area (TPSA) is 72.4 Å². The van der Waals surface area contributed by atoms with E-state index in [-0.39, 0.29) is 5.91 Å². The van der Waals surface area contributed by atoms with E-state index in [1.807, 2.05) is 19.2 Å². The van der Waals surface area contributed by atoms with Crippen LogP contribution in [-0.2, 0) is 11.3 Å². The third-order valence-corrected chi connectivity index (χ3v) is 6.01. The number of rotatable bonds is 5. The van der Waals surface area contributed by atoms with Crippen molar-refractivity contribution in [1.82, 2.24) is 15.5 Å². The summed E-state index contributed by atoms with van der Waals surface area (Å²) in [5.74, 6) is 1.91. The van der Waals surface area contributed by atoms with Crippen molar-refractivity contribution in [3.05, 3.63) is 54.1 Å². The minimum absolute atomic E-state index is 0.0802. The second-order valence-electron chi connectivity index (χ2n) is 7.98. The minimum atomic E-state index is 0.0802. The number of hydrogen-bond donors (Lipinski definition) is 2. The van der Waals surface area contributed by atoms with E-state index in [9.17, 15) is 4.79 Å². The maximum absolute atomic E-state index is 11.6. The minimum Gasteiger partial charge on any atom is -0.495 e. The Morgan fingerprint density at radius 2 is 1.78 bits per heavy atom. The standard InChI is InChI=1S/C24H32N6O2/c1-25-24(29-15-13-28(14-16-29)21-5-3-4-6-22(21)32-2)27-17-19-7-9-20(10-8-19)30-12-11-26-23(31)18-30/h3-10H,11-18H2,1-2H3,(H,25,27)(H,26,31). The molecular formula is C24H32N6O2. The smallest absolute Gasteiger partial charge is 0.239 e. The molecule has 2 aromatic rings. The fourth-order valence-electron chi connectivity index (χ4n) is 4.25. The fourth-order valence-corrected chi connectivity index (χ4v) is 4.25. The molecule has 2 heterocycles. The quantitative estimate of drug-likeness (QED) is 0.547. The Morgan fingerprint density at radius 3 is 2.47 bits per heavy atom. The molecule has 8 heteroatoms. The SMILES string of the molecule is CN=C(NCc1ccc(N2CCNC(=O)C2)cc1)N1CCN(c2ccccc2OC)CC1. The summed E-state index contributed by atoms with van der Waals surface area (Å²) in [6.07, 6.45) is 0. The molecule has 0 spiro atoms. The molecule has 0 aromatic heterocycles. The molecule has 2 saturated heterocycles. The van der Waals surface area contributed by atoms with Gasteiger partial charge >= 0.3 is 0 Å². The normalized spacial score (nSPS) is 17.2. The lowest BCUT2D eigenvalue weighted by atomic mass is 10.2. The van der Waals surface area contributed by atoms with Crippen LogP contribution in [0.4, 0.5) is 11.4 Å². The van der Waals surface area contributed by atoms with Gasteiger partial charge in [0.25, 0.3) is 0 Å². The summed E-state index contributed by atoms with van der Waals surface area (Å²) in [7, 11) is 3.55. The Labute approximate surface area is 189 Å². The van der Waals surface area contributed by atoms with Crippen LogP contribution < -0.4 is 25.2 Å². The van der Waals surface area contributed by atoms with Gasteiger partial charge in [-0.15, -0.1) is 0 Å². The van der Waals surface area contributed by atoms with Gasteiger partial charge in [0.05, 0.1) is 19.3 Å². The zero-order valence-corrected chi connectivity index (χ0v) is 18.9. The first kappa shape index (κ1) is 21.8. The number of para-hydroxylation sites is 2. The van der Waals surface area contributed by atoms with E-state index in [4.69, 9.17) is 4.74 Å². The molecule has 4 rings (SSSR count). The third-order valence-electron chi connectivity index (χ3n) is 6.01. The molecule has 0 saturated carbocycles. The summed E-state index contributed by atoms with van der Waals surface area (Å²) in [4.78, 5) is 22.9. The maximum atomic E-state index is 11.6. The van der Waals surface area contributed by atoms with E-state index in [0.29, 0.717) is 19.6 Å². The molecule has 2 fully saturated rings. The number of carbonyl (C=O) groups excluding carboxylic acids is 1. The zero-order valence-electron chi connectivity index (χ0n) is 18.9. The number of piperazine rings is 2. The Bertz CT molecular complexity index is 938. The van der Waals surface area contributed by atoms with Gasteiger partial charge in [0, 0.05) is 58.5 Å². The molecule has 32 heavy (non-hydrogen) atoms. The highest BCUT2D eigenvalue weighted by Crippen LogP contribution is 2.28. The van der Waals surface area contributed by atoms with Gasteiger partial charge < -0.3 is 30.1 Å². The Balaban J connectivity index is 1.29. The predicted octanol–water partition coefficient (Wildman–Crippen LogP) is 1.53. The van der Waals surface area contributed by atoms with Crippen molar-refractivity contribution >= 4 is 23.2 Å². The lowest BCUT2D eigenvalue weighted by Gasteiger charge is -2.38. The van der Waals surface area contributed by atoms with Crippen LogP contribution in [0.5, 0.6) is 5.75 Å². The van der Waals surface area contributed by atoms with E-state index in [2.05, 4.69) is 66.7 Å². The van der Waals surface area contributed by atoms with Gasteiger partial charge in [-0.1, -0.05) is 24.3 Å². The number of guanidine groups is 1. The maximum Gasteiger partial charge on any atom is 0.239 e. The highest BCUT2D eigenvalue weighted by Gasteiger charge is 2.21. The van der Waals surface area contributed by atoms with E-state index in [0.717, 1.165) is 55.8 Å². The molecule has 0 bridgehead atoms. The van der Waals surface area contributed by atoms with Crippen LogP contribution in [0.25, 0.3) is 0 Å². The largest absolute Gasteiger partial charge is 0.495 e. The molecule has 2 aliphatic rings. The van der Waals surface area contributed by atoms with Crippen LogP contribution >= 0.6 is 0 Å². The molecule has 1 amide bonds. The summed E-state index contributed by atoms with van der Waals surface area (Å²) in [6.45, 7) is 6.30. The first-order valence-electron chi connectivity index (χ1n) is 11.1. The highest BCUT2D eigenvalue weighted by atomic mass is 16.5. The zero-order chi connectivity index (χ0) is 22.3. The first-order chi connectivity index (χ1) is 15.7. The monoisotopic (exact) mass is 436 g/mol. The molecule has 2 aliphatic heterocycles. The lowest BCUT2D eigenvalue weighted by molar-refractivity contribution is -0.120. The van der Waals surface area contributed by atoms with E-state index < -0.39 is 0 Å². The van der Waals surface area contributed by atoms with Crippen LogP contribution in [0, 0.1) is 0 Å². The number of carbonyl (C=O) groups is 1. The number of aliphatic imine (C=N–C) groups is 1. The van der Waals surface area contributed by atoms with Gasteiger partial charge in [-0.3, -0.25) is 9.79 Å². The fraction of sp³-hybridized carbons (Fsp3) is 0.417. The van der Waals surface area contributed by atoms with Crippen molar-refractivity contribution in [2.45, 2.75) is 6.54 Å². The Morgan fingerprint density at radius 1 is 1.03 bits per heavy atom. The molecular weight excluding hydrogens is 404 g/mol. The summed E-state index contributed by atoms with van der Waals surface area (Å²) in [5.41, 5.74) is 3.41. The molecule has 0 unspecified atom stereocenters. The van der Waals surface area contributed by atoms with Crippen LogP contribution in [0.3, 0.4) is 0 Å². The number of benzene rings is 2. The average Bonchev–Trinajstić information content (AvgIpc) is 2.85. The van der Waals surface area contributed by atoms with Crippen molar-refractivity contribution in [2.24, 2.45) is 4.99 Å². The van der Waals surface area contributed by atoms with Gasteiger partial charge in [-0.05, 0) is 29.8 Å². The van der Waals surface area contributed by atoms with Gasteiger partial charge in [0.2, 0.25) is 5.91 Å². The highest BCUT2D eigenvalue weighted by molar-refractivity contribution is 5.82. The summed E-state index contributed by atoms with van der Waals surface area (Å²) >= 11 is 0. The second kappa shape index (κ2) is 10.3. The second-order valence-corrected chi connectivity index (χ2v) is 7.98. The van der Waals surface area contributed by atoms with Crippen molar-refractivity contribution < 1.29 is 9.53 Å². The van der Waals surface area contributed by atoms with Crippen LogP contribution in [0.2, 0.25) is 0 Å². The number of anilines is 2. The van der Waals surface area contributed by atoms with Crippen molar-refractivity contribution in [2.75, 3.05) is 69.8 Å². The van der Waals surface area contributed by atoms with Crippen molar-refractivity contribution in [3.63, 3.8) is 0 Å². The Hall–Kier alpha value is -3.42. The summed E-state index contributed by atoms with van der Waals surface area (Å²) in [5, 5.41) is 6.36. The van der Waals surface area contributed by atoms with E-state index >= 15 is 0 Å². The number of nitrogens with one attached hydrogen (secondary N) is 2. The number of ether oxygens (including phenoxy) is 1. The van der Waals surface area contributed by atoms with Crippen LogP contribution in [0.15, 0.2) is 53.5 Å². The van der Waals surface area contributed by atoms with Crippen LogP contribution in [0.1, 0.15) is 5.56 Å². The van der Waals surface area contributed by atoms with E-state index in [1.54, 1.807) is 7.11 Å². The first-order valence-corrected chi connectivity index (χ1v) is 11.1. The van der Waals surface area contributed by atoms with Crippen molar-refractivity contribution in [3.8, 4) is 5.75 Å². The molecule has 170 valence electrons. The number of amides is 1. The number of hydrogen-bond acceptors (Lipinski definition) is 5. The summed E-state index contributed by atoms with van der Waals surface area (Å²) < 4.78 is 5.52. The lowest BCUT2D eigenvalue weighted by Crippen LogP contribution is -2.52. The molecule has 2 aromatic carbocycles. The molecule has 2 N–H and O–H groups in total. The number of methoxy groups -OCH3 is 1. The Kier molecular flexibility index (Phi) is 6.99. The third kappa shape index (κ3) is 5.07. The molecule has 0 atom stereocenters. The van der Waals surface area contributed by atoms with Gasteiger partial charge in [0.15, 0.2) is 5.96 Å². The molecule has 8 nitrogen and oxygen atoms in total. The van der Waals surface area contributed by atoms with E-state index in [1.165, 1.54) is 5.56 Å². The number of nitrogens with zero attached hydrogens (tertiary/aromatic N) is 4. The van der Waals surface area contributed by atoms with Gasteiger partial charge in [-0.2, -0.15) is 0 Å². The van der Waals surface area contributed by atoms with Gasteiger partial charge in [0.1, 0.15) is 5.75 Å². The van der Waals surface area contributed by atoms with Gasteiger partial charge in [-0.25, -0.2) is 0 Å².